The van der Waals surface area contributed by atoms with Crippen LogP contribution in [0.25, 0.3) is 0 Å². The van der Waals surface area contributed by atoms with Gasteiger partial charge in [0.1, 0.15) is 0 Å². The van der Waals surface area contributed by atoms with Gasteiger partial charge in [-0.1, -0.05) is 31.4 Å². The molecule has 1 saturated heterocycles. The molecule has 0 aromatic heterocycles. The highest BCUT2D eigenvalue weighted by Gasteiger charge is 2.33. The van der Waals surface area contributed by atoms with Gasteiger partial charge < -0.3 is 15.3 Å². The van der Waals surface area contributed by atoms with Crippen LogP contribution >= 0.6 is 0 Å². The number of carbonyl (C=O) groups is 2. The summed E-state index contributed by atoms with van der Waals surface area (Å²) in [5.74, 6) is -0.671. The van der Waals surface area contributed by atoms with Gasteiger partial charge in [-0.3, -0.25) is 4.79 Å². The first-order chi connectivity index (χ1) is 11.6. The maximum Gasteiger partial charge on any atom is 0.335 e. The SMILES string of the molecule is O=C(O)c1ccc(CNC2CCCN(C3CCCCC3)C2=O)cc1. The van der Waals surface area contributed by atoms with Crippen LogP contribution in [0.15, 0.2) is 24.3 Å². The minimum Gasteiger partial charge on any atom is -0.478 e. The Balaban J connectivity index is 1.56. The summed E-state index contributed by atoms with van der Waals surface area (Å²) in [5, 5.41) is 12.3. The number of carbonyl (C=O) groups excluding carboxylic acids is 1. The van der Waals surface area contributed by atoms with Crippen LogP contribution in [0.2, 0.25) is 0 Å². The molecule has 5 heteroatoms. The smallest absolute Gasteiger partial charge is 0.335 e. The molecule has 0 radical (unpaired) electrons. The van der Waals surface area contributed by atoms with Gasteiger partial charge in [0.15, 0.2) is 0 Å². The lowest BCUT2D eigenvalue weighted by atomic mass is 9.91. The number of piperidine rings is 1. The third kappa shape index (κ3) is 3.96. The van der Waals surface area contributed by atoms with E-state index in [1.54, 1.807) is 12.1 Å². The number of nitrogens with zero attached hydrogens (tertiary/aromatic N) is 1. The average Bonchev–Trinajstić information content (AvgIpc) is 2.62. The van der Waals surface area contributed by atoms with Crippen LogP contribution in [0.1, 0.15) is 60.9 Å². The quantitative estimate of drug-likeness (QED) is 0.871. The van der Waals surface area contributed by atoms with Gasteiger partial charge in [0.2, 0.25) is 5.91 Å². The van der Waals surface area contributed by atoms with Gasteiger partial charge in [-0.2, -0.15) is 0 Å². The first-order valence-corrected chi connectivity index (χ1v) is 9.01. The topological polar surface area (TPSA) is 69.6 Å². The molecule has 1 amide bonds. The molecule has 1 aromatic rings. The first kappa shape index (κ1) is 17.0. The molecule has 1 saturated carbocycles. The highest BCUT2D eigenvalue weighted by molar-refractivity contribution is 5.87. The Hall–Kier alpha value is -1.88. The number of hydrogen-bond donors (Lipinski definition) is 2. The molecule has 24 heavy (non-hydrogen) atoms. The van der Waals surface area contributed by atoms with Crippen molar-refractivity contribution in [2.75, 3.05) is 6.54 Å². The van der Waals surface area contributed by atoms with E-state index in [2.05, 4.69) is 10.2 Å². The van der Waals surface area contributed by atoms with E-state index in [1.165, 1.54) is 19.3 Å². The lowest BCUT2D eigenvalue weighted by molar-refractivity contribution is -0.139. The molecule has 2 fully saturated rings. The Morgan fingerprint density at radius 1 is 1.08 bits per heavy atom. The lowest BCUT2D eigenvalue weighted by Gasteiger charge is -2.40. The maximum atomic E-state index is 12.8. The summed E-state index contributed by atoms with van der Waals surface area (Å²) in [5.41, 5.74) is 1.29. The molecule has 5 nitrogen and oxygen atoms in total. The summed E-state index contributed by atoms with van der Waals surface area (Å²) in [6, 6.07) is 7.16. The third-order valence-corrected chi connectivity index (χ3v) is 5.24. The number of benzene rings is 1. The van der Waals surface area contributed by atoms with Crippen LogP contribution in [0.3, 0.4) is 0 Å². The molecule has 0 spiro atoms. The summed E-state index contributed by atoms with van der Waals surface area (Å²) in [6.07, 6.45) is 8.01. The van der Waals surface area contributed by atoms with Crippen molar-refractivity contribution in [2.24, 2.45) is 0 Å². The molecule has 1 aliphatic heterocycles. The van der Waals surface area contributed by atoms with Crippen LogP contribution in [-0.2, 0) is 11.3 Å². The maximum absolute atomic E-state index is 12.8. The van der Waals surface area contributed by atoms with E-state index in [-0.39, 0.29) is 17.5 Å². The van der Waals surface area contributed by atoms with Crippen LogP contribution in [0, 0.1) is 0 Å². The zero-order chi connectivity index (χ0) is 16.9. The predicted octanol–water partition coefficient (Wildman–Crippen LogP) is 2.80. The molecule has 130 valence electrons. The molecular weight excluding hydrogens is 304 g/mol. The van der Waals surface area contributed by atoms with Crippen molar-refractivity contribution in [3.63, 3.8) is 0 Å². The normalized spacial score (nSPS) is 22.6. The van der Waals surface area contributed by atoms with E-state index < -0.39 is 5.97 Å². The number of aromatic carboxylic acids is 1. The molecular formula is C19H26N2O3. The second kappa shape index (κ2) is 7.79. The number of nitrogens with one attached hydrogen (secondary N) is 1. The Bertz CT molecular complexity index is 579. The third-order valence-electron chi connectivity index (χ3n) is 5.24. The number of likely N-dealkylation sites (tertiary alicyclic amines) is 1. The summed E-state index contributed by atoms with van der Waals surface area (Å²) in [7, 11) is 0. The fourth-order valence-electron chi connectivity index (χ4n) is 3.85. The fraction of sp³-hybridized carbons (Fsp3) is 0.579. The van der Waals surface area contributed by atoms with Crippen LogP contribution < -0.4 is 5.32 Å². The van der Waals surface area contributed by atoms with Crippen LogP contribution in [0.4, 0.5) is 0 Å². The van der Waals surface area contributed by atoms with Crippen molar-refractivity contribution >= 4 is 11.9 Å². The Kier molecular flexibility index (Phi) is 5.51. The summed E-state index contributed by atoms with van der Waals surface area (Å²) < 4.78 is 0. The van der Waals surface area contributed by atoms with E-state index in [4.69, 9.17) is 5.11 Å². The molecule has 1 aliphatic carbocycles. The Morgan fingerprint density at radius 3 is 2.46 bits per heavy atom. The minimum atomic E-state index is -0.917. The molecule has 2 aliphatic rings. The van der Waals surface area contributed by atoms with Gasteiger partial charge in [0, 0.05) is 19.1 Å². The predicted molar refractivity (Wildman–Crippen MR) is 91.8 cm³/mol. The van der Waals surface area contributed by atoms with Gasteiger partial charge in [-0.25, -0.2) is 4.79 Å². The largest absolute Gasteiger partial charge is 0.478 e. The van der Waals surface area contributed by atoms with Crippen molar-refractivity contribution < 1.29 is 14.7 Å². The second-order valence-corrected chi connectivity index (χ2v) is 6.90. The van der Waals surface area contributed by atoms with Crippen molar-refractivity contribution in [1.29, 1.82) is 0 Å². The van der Waals surface area contributed by atoms with Crippen LogP contribution in [0.5, 0.6) is 0 Å². The zero-order valence-electron chi connectivity index (χ0n) is 14.0. The first-order valence-electron chi connectivity index (χ1n) is 9.01. The molecule has 0 bridgehead atoms. The van der Waals surface area contributed by atoms with Crippen molar-refractivity contribution in [1.82, 2.24) is 10.2 Å². The van der Waals surface area contributed by atoms with Crippen molar-refractivity contribution in [3.8, 4) is 0 Å². The summed E-state index contributed by atoms with van der Waals surface area (Å²) in [6.45, 7) is 1.49. The number of carboxylic acid groups (broad SMARTS) is 1. The minimum absolute atomic E-state index is 0.111. The van der Waals surface area contributed by atoms with E-state index in [0.29, 0.717) is 12.6 Å². The Morgan fingerprint density at radius 2 is 1.79 bits per heavy atom. The van der Waals surface area contributed by atoms with Gasteiger partial charge in [0.25, 0.3) is 0 Å². The highest BCUT2D eigenvalue weighted by atomic mass is 16.4. The highest BCUT2D eigenvalue weighted by Crippen LogP contribution is 2.26. The second-order valence-electron chi connectivity index (χ2n) is 6.90. The van der Waals surface area contributed by atoms with Crippen molar-refractivity contribution in [2.45, 2.75) is 63.6 Å². The van der Waals surface area contributed by atoms with Gasteiger partial charge in [-0.15, -0.1) is 0 Å². The van der Waals surface area contributed by atoms with E-state index in [9.17, 15) is 9.59 Å². The van der Waals surface area contributed by atoms with E-state index >= 15 is 0 Å². The number of hydrogen-bond acceptors (Lipinski definition) is 3. The van der Waals surface area contributed by atoms with Gasteiger partial charge >= 0.3 is 5.97 Å². The van der Waals surface area contributed by atoms with Gasteiger partial charge in [0.05, 0.1) is 11.6 Å². The monoisotopic (exact) mass is 330 g/mol. The Labute approximate surface area is 143 Å². The molecule has 1 heterocycles. The standard InChI is InChI=1S/C19H26N2O3/c22-18-17(7-4-12-21(18)16-5-2-1-3-6-16)20-13-14-8-10-15(11-9-14)19(23)24/h8-11,16-17,20H,1-7,12-13H2,(H,23,24). The van der Waals surface area contributed by atoms with Crippen LogP contribution in [-0.4, -0.2) is 40.5 Å². The van der Waals surface area contributed by atoms with E-state index in [1.807, 2.05) is 12.1 Å². The molecule has 1 atom stereocenters. The molecule has 2 N–H and O–H groups in total. The van der Waals surface area contributed by atoms with Gasteiger partial charge in [-0.05, 0) is 43.4 Å². The molecule has 1 aromatic carbocycles. The fourth-order valence-corrected chi connectivity index (χ4v) is 3.85. The lowest BCUT2D eigenvalue weighted by Crippen LogP contribution is -2.54. The number of carboxylic acids is 1. The van der Waals surface area contributed by atoms with E-state index in [0.717, 1.165) is 37.8 Å². The number of rotatable bonds is 5. The average molecular weight is 330 g/mol. The zero-order valence-corrected chi connectivity index (χ0v) is 14.0. The number of amides is 1. The molecule has 3 rings (SSSR count). The summed E-state index contributed by atoms with van der Waals surface area (Å²) >= 11 is 0. The summed E-state index contributed by atoms with van der Waals surface area (Å²) in [4.78, 5) is 25.8. The van der Waals surface area contributed by atoms with Crippen molar-refractivity contribution in [3.05, 3.63) is 35.4 Å². The molecule has 1 unspecified atom stereocenters.